The number of allylic oxidation sites excluding steroid dienone is 1. The van der Waals surface area contributed by atoms with E-state index in [1.54, 1.807) is 42.5 Å². The standard InChI is InChI=1S/C24H18IN3O5/c1-15(2-3-16-4-9-20(10-5-16)28(32)33)27(19-11-6-17(7-12-19)24(30)31)23(29)21-14-18(25)8-13-22(21)26/h2-14H,1,26H2,(H,30,31)/b3-2+. The van der Waals surface area contributed by atoms with Crippen molar-refractivity contribution in [2.45, 2.75) is 0 Å². The summed E-state index contributed by atoms with van der Waals surface area (Å²) in [5, 5.41) is 20.0. The summed E-state index contributed by atoms with van der Waals surface area (Å²) in [4.78, 5) is 36.4. The van der Waals surface area contributed by atoms with Crippen LogP contribution in [0.25, 0.3) is 6.08 Å². The average Bonchev–Trinajstić information content (AvgIpc) is 2.80. The number of carboxylic acids is 1. The summed E-state index contributed by atoms with van der Waals surface area (Å²) >= 11 is 2.08. The monoisotopic (exact) mass is 555 g/mol. The number of non-ortho nitro benzene ring substituents is 1. The Morgan fingerprint density at radius 2 is 1.70 bits per heavy atom. The number of amides is 1. The van der Waals surface area contributed by atoms with E-state index in [1.807, 2.05) is 0 Å². The van der Waals surface area contributed by atoms with Crippen molar-refractivity contribution in [2.24, 2.45) is 0 Å². The summed E-state index contributed by atoms with van der Waals surface area (Å²) in [6, 6.07) is 16.8. The molecule has 9 heteroatoms. The van der Waals surface area contributed by atoms with Gasteiger partial charge in [0.1, 0.15) is 0 Å². The van der Waals surface area contributed by atoms with Crippen LogP contribution < -0.4 is 10.6 Å². The van der Waals surface area contributed by atoms with Crippen LogP contribution in [0.2, 0.25) is 0 Å². The van der Waals surface area contributed by atoms with Gasteiger partial charge in [0.2, 0.25) is 0 Å². The molecular weight excluding hydrogens is 537 g/mol. The molecule has 8 nitrogen and oxygen atoms in total. The van der Waals surface area contributed by atoms with Gasteiger partial charge in [-0.2, -0.15) is 0 Å². The van der Waals surface area contributed by atoms with Gasteiger partial charge in [-0.1, -0.05) is 12.7 Å². The van der Waals surface area contributed by atoms with Gasteiger partial charge in [0.25, 0.3) is 11.6 Å². The Balaban J connectivity index is 1.99. The number of carbonyl (C=O) groups excluding carboxylic acids is 1. The summed E-state index contributed by atoms with van der Waals surface area (Å²) in [6.45, 7) is 4.00. The van der Waals surface area contributed by atoms with E-state index in [0.717, 1.165) is 3.57 Å². The molecule has 1 amide bonds. The molecule has 0 aliphatic carbocycles. The highest BCUT2D eigenvalue weighted by Gasteiger charge is 2.22. The summed E-state index contributed by atoms with van der Waals surface area (Å²) in [5.74, 6) is -1.52. The predicted molar refractivity (Wildman–Crippen MR) is 135 cm³/mol. The van der Waals surface area contributed by atoms with E-state index >= 15 is 0 Å². The number of anilines is 2. The lowest BCUT2D eigenvalue weighted by molar-refractivity contribution is -0.384. The van der Waals surface area contributed by atoms with Crippen LogP contribution in [-0.4, -0.2) is 21.9 Å². The van der Waals surface area contributed by atoms with Gasteiger partial charge in [0.15, 0.2) is 0 Å². The van der Waals surface area contributed by atoms with Crippen LogP contribution in [-0.2, 0) is 0 Å². The largest absolute Gasteiger partial charge is 0.478 e. The number of nitro groups is 1. The number of hydrogen-bond donors (Lipinski definition) is 2. The smallest absolute Gasteiger partial charge is 0.335 e. The number of halogens is 1. The second-order valence-corrected chi connectivity index (χ2v) is 8.14. The maximum Gasteiger partial charge on any atom is 0.335 e. The van der Waals surface area contributed by atoms with Crippen molar-refractivity contribution in [1.29, 1.82) is 0 Å². The van der Waals surface area contributed by atoms with E-state index in [9.17, 15) is 24.8 Å². The molecule has 0 aromatic heterocycles. The molecule has 0 saturated carbocycles. The quantitative estimate of drug-likeness (QED) is 0.133. The number of nitro benzene ring substituents is 1. The number of carboxylic acid groups (broad SMARTS) is 1. The van der Waals surface area contributed by atoms with Crippen molar-refractivity contribution in [2.75, 3.05) is 10.6 Å². The van der Waals surface area contributed by atoms with Gasteiger partial charge in [-0.25, -0.2) is 4.79 Å². The molecule has 0 aliphatic heterocycles. The summed E-state index contributed by atoms with van der Waals surface area (Å²) in [5.41, 5.74) is 8.02. The highest BCUT2D eigenvalue weighted by atomic mass is 127. The fourth-order valence-electron chi connectivity index (χ4n) is 2.97. The van der Waals surface area contributed by atoms with Gasteiger partial charge < -0.3 is 10.8 Å². The molecule has 33 heavy (non-hydrogen) atoms. The first-order valence-electron chi connectivity index (χ1n) is 9.51. The molecule has 166 valence electrons. The highest BCUT2D eigenvalue weighted by molar-refractivity contribution is 14.1. The highest BCUT2D eigenvalue weighted by Crippen LogP contribution is 2.26. The van der Waals surface area contributed by atoms with Gasteiger partial charge in [-0.05, 0) is 88.8 Å². The van der Waals surface area contributed by atoms with E-state index in [1.165, 1.54) is 41.3 Å². The Kier molecular flexibility index (Phi) is 7.23. The lowest BCUT2D eigenvalue weighted by Crippen LogP contribution is -2.30. The first-order valence-corrected chi connectivity index (χ1v) is 10.6. The van der Waals surface area contributed by atoms with Crippen LogP contribution in [0.5, 0.6) is 0 Å². The van der Waals surface area contributed by atoms with E-state index < -0.39 is 16.8 Å². The molecule has 3 aromatic rings. The number of carbonyl (C=O) groups is 2. The van der Waals surface area contributed by atoms with Gasteiger partial charge in [0.05, 0.1) is 16.1 Å². The van der Waals surface area contributed by atoms with E-state index in [-0.39, 0.29) is 16.8 Å². The lowest BCUT2D eigenvalue weighted by atomic mass is 10.1. The van der Waals surface area contributed by atoms with Gasteiger partial charge in [-0.3, -0.25) is 19.8 Å². The molecule has 3 aromatic carbocycles. The number of aromatic carboxylic acids is 1. The minimum Gasteiger partial charge on any atom is -0.478 e. The molecule has 3 N–H and O–H groups in total. The third-order valence-corrected chi connectivity index (χ3v) is 5.35. The predicted octanol–water partition coefficient (Wildman–Crippen LogP) is 5.35. The average molecular weight is 555 g/mol. The first kappa shape index (κ1) is 23.7. The third kappa shape index (κ3) is 5.63. The Hall–Kier alpha value is -3.99. The molecule has 0 fully saturated rings. The molecule has 0 radical (unpaired) electrons. The number of benzene rings is 3. The molecule has 0 bridgehead atoms. The molecule has 0 atom stereocenters. The fourth-order valence-corrected chi connectivity index (χ4v) is 3.47. The second-order valence-electron chi connectivity index (χ2n) is 6.90. The van der Waals surface area contributed by atoms with Crippen LogP contribution >= 0.6 is 22.6 Å². The molecule has 0 spiro atoms. The first-order chi connectivity index (χ1) is 15.7. The summed E-state index contributed by atoms with van der Waals surface area (Å²) in [6.07, 6.45) is 3.25. The molecule has 0 aliphatic rings. The van der Waals surface area contributed by atoms with Crippen molar-refractivity contribution >= 4 is 57.6 Å². The maximum atomic E-state index is 13.5. The Bertz CT molecular complexity index is 1270. The van der Waals surface area contributed by atoms with Gasteiger partial charge >= 0.3 is 5.97 Å². The van der Waals surface area contributed by atoms with Crippen LogP contribution in [0, 0.1) is 13.7 Å². The minimum absolute atomic E-state index is 0.0320. The Morgan fingerprint density at radius 1 is 1.06 bits per heavy atom. The molecule has 3 rings (SSSR count). The topological polar surface area (TPSA) is 127 Å². The van der Waals surface area contributed by atoms with E-state index in [4.69, 9.17) is 5.73 Å². The van der Waals surface area contributed by atoms with Crippen molar-refractivity contribution in [3.05, 3.63) is 115 Å². The fraction of sp³-hybridized carbons (Fsp3) is 0. The number of hydrogen-bond acceptors (Lipinski definition) is 5. The lowest BCUT2D eigenvalue weighted by Gasteiger charge is -2.24. The number of nitrogen functional groups attached to an aromatic ring is 1. The molecular formula is C24H18IN3O5. The van der Waals surface area contributed by atoms with Gasteiger partial charge in [-0.15, -0.1) is 0 Å². The third-order valence-electron chi connectivity index (χ3n) is 4.68. The van der Waals surface area contributed by atoms with Gasteiger partial charge in [0, 0.05) is 32.8 Å². The van der Waals surface area contributed by atoms with Crippen LogP contribution in [0.3, 0.4) is 0 Å². The minimum atomic E-state index is -1.09. The van der Waals surface area contributed by atoms with Crippen molar-refractivity contribution in [3.8, 4) is 0 Å². The van der Waals surface area contributed by atoms with Crippen molar-refractivity contribution in [1.82, 2.24) is 0 Å². The van der Waals surface area contributed by atoms with Crippen LogP contribution in [0.4, 0.5) is 17.1 Å². The number of nitrogens with two attached hydrogens (primary N) is 1. The van der Waals surface area contributed by atoms with Crippen LogP contribution in [0.15, 0.2) is 85.1 Å². The molecule has 0 heterocycles. The van der Waals surface area contributed by atoms with E-state index in [2.05, 4.69) is 29.2 Å². The van der Waals surface area contributed by atoms with Crippen molar-refractivity contribution in [3.63, 3.8) is 0 Å². The summed E-state index contributed by atoms with van der Waals surface area (Å²) < 4.78 is 0.818. The summed E-state index contributed by atoms with van der Waals surface area (Å²) in [7, 11) is 0. The van der Waals surface area contributed by atoms with Crippen molar-refractivity contribution < 1.29 is 19.6 Å². The SMILES string of the molecule is C=C(/C=C/c1ccc([N+](=O)[O-])cc1)N(C(=O)c1cc(I)ccc1N)c1ccc(C(=O)O)cc1. The molecule has 0 unspecified atom stereocenters. The molecule has 0 saturated heterocycles. The normalized spacial score (nSPS) is 10.7. The Labute approximate surface area is 202 Å². The number of rotatable bonds is 7. The zero-order valence-corrected chi connectivity index (χ0v) is 19.3. The number of nitrogens with zero attached hydrogens (tertiary/aromatic N) is 2. The Morgan fingerprint density at radius 3 is 2.27 bits per heavy atom. The second kappa shape index (κ2) is 10.1. The maximum absolute atomic E-state index is 13.5. The van der Waals surface area contributed by atoms with E-state index in [0.29, 0.717) is 22.6 Å². The zero-order chi connectivity index (χ0) is 24.1. The zero-order valence-electron chi connectivity index (χ0n) is 17.1. The van der Waals surface area contributed by atoms with Crippen LogP contribution in [0.1, 0.15) is 26.3 Å².